The molecule has 3 nitrogen and oxygen atoms in total. The lowest BCUT2D eigenvalue weighted by molar-refractivity contribution is -0.0499. The number of hydrogen-bond acceptors (Lipinski definition) is 3. The SMILES string of the molecule is O=C(OBr)c1cccc(OC(F)F)c1. The number of ether oxygens (including phenoxy) is 1. The van der Waals surface area contributed by atoms with E-state index in [4.69, 9.17) is 0 Å². The molecule has 0 aliphatic heterocycles. The highest BCUT2D eigenvalue weighted by Gasteiger charge is 2.09. The smallest absolute Gasteiger partial charge is 0.387 e. The van der Waals surface area contributed by atoms with Crippen molar-refractivity contribution in [3.8, 4) is 5.75 Å². The van der Waals surface area contributed by atoms with Crippen molar-refractivity contribution in [2.24, 2.45) is 0 Å². The van der Waals surface area contributed by atoms with E-state index < -0.39 is 12.6 Å². The van der Waals surface area contributed by atoms with Gasteiger partial charge in [-0.1, -0.05) is 6.07 Å². The van der Waals surface area contributed by atoms with Gasteiger partial charge >= 0.3 is 12.6 Å². The lowest BCUT2D eigenvalue weighted by atomic mass is 10.2. The summed E-state index contributed by atoms with van der Waals surface area (Å²) in [5.41, 5.74) is 0.125. The van der Waals surface area contributed by atoms with Crippen LogP contribution in [0.3, 0.4) is 0 Å². The van der Waals surface area contributed by atoms with E-state index in [1.54, 1.807) is 0 Å². The van der Waals surface area contributed by atoms with Crippen molar-refractivity contribution in [1.82, 2.24) is 0 Å². The minimum Gasteiger partial charge on any atom is -0.435 e. The molecule has 76 valence electrons. The number of halogens is 3. The van der Waals surface area contributed by atoms with Crippen molar-refractivity contribution in [2.75, 3.05) is 0 Å². The van der Waals surface area contributed by atoms with E-state index in [-0.39, 0.29) is 11.3 Å². The monoisotopic (exact) mass is 266 g/mol. The molecule has 1 rings (SSSR count). The molecule has 0 saturated carbocycles. The molecule has 1 aromatic carbocycles. The molecule has 0 amide bonds. The highest BCUT2D eigenvalue weighted by Crippen LogP contribution is 2.16. The summed E-state index contributed by atoms with van der Waals surface area (Å²) in [6.45, 7) is -2.91. The molecule has 0 aromatic heterocycles. The van der Waals surface area contributed by atoms with Gasteiger partial charge in [-0.25, -0.2) is 4.79 Å². The van der Waals surface area contributed by atoms with Crippen LogP contribution in [0.1, 0.15) is 10.4 Å². The van der Waals surface area contributed by atoms with Gasteiger partial charge in [0.15, 0.2) is 16.3 Å². The largest absolute Gasteiger partial charge is 0.435 e. The summed E-state index contributed by atoms with van der Waals surface area (Å²) in [5, 5.41) is 0. The number of hydrogen-bond donors (Lipinski definition) is 0. The first-order valence-electron chi connectivity index (χ1n) is 3.51. The molecule has 0 fully saturated rings. The predicted molar refractivity (Wildman–Crippen MR) is 47.4 cm³/mol. The molecule has 0 unspecified atom stereocenters. The second kappa shape index (κ2) is 4.90. The van der Waals surface area contributed by atoms with Gasteiger partial charge in [0.2, 0.25) is 0 Å². The lowest BCUT2D eigenvalue weighted by Gasteiger charge is -2.04. The van der Waals surface area contributed by atoms with Gasteiger partial charge in [0.05, 0.1) is 5.56 Å². The first-order valence-corrected chi connectivity index (χ1v) is 4.16. The van der Waals surface area contributed by atoms with Crippen LogP contribution in [0.25, 0.3) is 0 Å². The number of alkyl halides is 2. The Bertz CT molecular complexity index is 330. The van der Waals surface area contributed by atoms with Crippen LogP contribution in [0.2, 0.25) is 0 Å². The molecule has 0 aliphatic rings. The lowest BCUT2D eigenvalue weighted by Crippen LogP contribution is -2.03. The fourth-order valence-corrected chi connectivity index (χ4v) is 1.03. The number of benzene rings is 1. The normalized spacial score (nSPS) is 10.0. The van der Waals surface area contributed by atoms with Crippen molar-refractivity contribution in [1.29, 1.82) is 0 Å². The van der Waals surface area contributed by atoms with E-state index in [0.717, 1.165) is 6.07 Å². The van der Waals surface area contributed by atoms with E-state index in [9.17, 15) is 13.6 Å². The van der Waals surface area contributed by atoms with E-state index in [1.807, 2.05) is 0 Å². The predicted octanol–water partition coefficient (Wildman–Crippen LogP) is 2.75. The maximum Gasteiger partial charge on any atom is 0.387 e. The molecule has 1 aromatic rings. The Labute approximate surface area is 87.1 Å². The summed E-state index contributed by atoms with van der Waals surface area (Å²) >= 11 is 2.49. The maximum absolute atomic E-state index is 11.8. The standard InChI is InChI=1S/C8H5BrF2O3/c9-14-7(12)5-2-1-3-6(4-5)13-8(10)11/h1-4,8H. The summed E-state index contributed by atoms with van der Waals surface area (Å²) in [6.07, 6.45) is 0. The summed E-state index contributed by atoms with van der Waals surface area (Å²) in [4.78, 5) is 10.9. The van der Waals surface area contributed by atoms with Crippen LogP contribution < -0.4 is 4.74 Å². The third-order valence-electron chi connectivity index (χ3n) is 1.36. The van der Waals surface area contributed by atoms with Crippen LogP contribution in [0.5, 0.6) is 5.75 Å². The van der Waals surface area contributed by atoms with Crippen molar-refractivity contribution in [2.45, 2.75) is 6.61 Å². The molecule has 0 spiro atoms. The zero-order chi connectivity index (χ0) is 10.6. The summed E-state index contributed by atoms with van der Waals surface area (Å²) in [7, 11) is 0. The number of carbonyl (C=O) groups is 1. The number of rotatable bonds is 3. The Morgan fingerprint density at radius 2 is 2.14 bits per heavy atom. The van der Waals surface area contributed by atoms with Gasteiger partial charge < -0.3 is 8.57 Å². The molecular weight excluding hydrogens is 262 g/mol. The molecule has 0 saturated heterocycles. The highest BCUT2D eigenvalue weighted by atomic mass is 79.9. The van der Waals surface area contributed by atoms with Crippen molar-refractivity contribution in [3.05, 3.63) is 29.8 Å². The quantitative estimate of drug-likeness (QED) is 0.844. The van der Waals surface area contributed by atoms with Crippen LogP contribution in [-0.4, -0.2) is 12.6 Å². The van der Waals surface area contributed by atoms with E-state index in [0.29, 0.717) is 0 Å². The first-order chi connectivity index (χ1) is 6.63. The van der Waals surface area contributed by atoms with E-state index >= 15 is 0 Å². The summed E-state index contributed by atoms with van der Waals surface area (Å²) in [6, 6.07) is 5.31. The Hall–Kier alpha value is -1.17. The first kappa shape index (κ1) is 10.9. The maximum atomic E-state index is 11.8. The van der Waals surface area contributed by atoms with Crippen LogP contribution >= 0.6 is 16.3 Å². The second-order valence-electron chi connectivity index (χ2n) is 2.27. The van der Waals surface area contributed by atoms with Gasteiger partial charge in [0.1, 0.15) is 5.75 Å². The van der Waals surface area contributed by atoms with Gasteiger partial charge in [-0.3, -0.25) is 0 Å². The number of carbonyl (C=O) groups excluding carboxylic acids is 1. The Morgan fingerprint density at radius 1 is 1.43 bits per heavy atom. The molecule has 0 heterocycles. The van der Waals surface area contributed by atoms with Gasteiger partial charge in [0.25, 0.3) is 0 Å². The summed E-state index contributed by atoms with van der Waals surface area (Å²) < 4.78 is 31.9. The highest BCUT2D eigenvalue weighted by molar-refractivity contribution is 9.06. The Balaban J connectivity index is 2.84. The van der Waals surface area contributed by atoms with Crippen LogP contribution in [-0.2, 0) is 3.83 Å². The second-order valence-corrected chi connectivity index (χ2v) is 2.59. The zero-order valence-electron chi connectivity index (χ0n) is 6.75. The molecule has 0 bridgehead atoms. The minimum absolute atomic E-state index is 0.0876. The molecule has 0 radical (unpaired) electrons. The molecule has 14 heavy (non-hydrogen) atoms. The van der Waals surface area contributed by atoms with E-state index in [2.05, 4.69) is 24.8 Å². The zero-order valence-corrected chi connectivity index (χ0v) is 8.33. The molecule has 0 aliphatic carbocycles. The summed E-state index contributed by atoms with van der Waals surface area (Å²) in [5.74, 6) is -0.764. The van der Waals surface area contributed by atoms with Crippen LogP contribution in [0.4, 0.5) is 8.78 Å². The van der Waals surface area contributed by atoms with Crippen molar-refractivity contribution >= 4 is 22.2 Å². The molecule has 0 N–H and O–H groups in total. The van der Waals surface area contributed by atoms with Gasteiger partial charge in [-0.15, -0.1) is 0 Å². The van der Waals surface area contributed by atoms with Crippen LogP contribution in [0.15, 0.2) is 24.3 Å². The van der Waals surface area contributed by atoms with Gasteiger partial charge in [-0.2, -0.15) is 8.78 Å². The van der Waals surface area contributed by atoms with Crippen LogP contribution in [0, 0.1) is 0 Å². The topological polar surface area (TPSA) is 35.5 Å². The molecule has 0 atom stereocenters. The Morgan fingerprint density at radius 3 is 2.71 bits per heavy atom. The fraction of sp³-hybridized carbons (Fsp3) is 0.125. The fourth-order valence-electron chi connectivity index (χ4n) is 0.844. The average molecular weight is 267 g/mol. The van der Waals surface area contributed by atoms with Gasteiger partial charge in [-0.05, 0) is 18.2 Å². The van der Waals surface area contributed by atoms with Gasteiger partial charge in [0, 0.05) is 0 Å². The van der Waals surface area contributed by atoms with E-state index in [1.165, 1.54) is 18.2 Å². The average Bonchev–Trinajstić information content (AvgIpc) is 2.16. The third-order valence-corrected chi connectivity index (χ3v) is 1.66. The van der Waals surface area contributed by atoms with Crippen molar-refractivity contribution < 1.29 is 22.1 Å². The third kappa shape index (κ3) is 2.95. The van der Waals surface area contributed by atoms with Crippen molar-refractivity contribution in [3.63, 3.8) is 0 Å². The minimum atomic E-state index is -2.91. The molecular formula is C8H5BrF2O3. The Kier molecular flexibility index (Phi) is 3.82. The molecule has 6 heteroatoms.